The Labute approximate surface area is 118 Å². The van der Waals surface area contributed by atoms with Crippen LogP contribution in [0.1, 0.15) is 12.0 Å². The number of hydrogen-bond acceptors (Lipinski definition) is 3. The van der Waals surface area contributed by atoms with Crippen LogP contribution in [0.3, 0.4) is 0 Å². The molecule has 0 fully saturated rings. The average Bonchev–Trinajstić information content (AvgIpc) is 3.09. The number of aliphatic imine (C=N–C) groups is 1. The van der Waals surface area contributed by atoms with Gasteiger partial charge in [0.2, 0.25) is 0 Å². The van der Waals surface area contributed by atoms with Crippen molar-refractivity contribution in [2.24, 2.45) is 12.0 Å². The van der Waals surface area contributed by atoms with Gasteiger partial charge in [0.1, 0.15) is 0 Å². The number of nitrogens with zero attached hydrogens (tertiary/aromatic N) is 5. The van der Waals surface area contributed by atoms with Gasteiger partial charge in [-0.1, -0.05) is 0 Å². The van der Waals surface area contributed by atoms with Crippen LogP contribution in [-0.2, 0) is 20.1 Å². The third kappa shape index (κ3) is 4.42. The van der Waals surface area contributed by atoms with Gasteiger partial charge in [0.15, 0.2) is 5.96 Å². The summed E-state index contributed by atoms with van der Waals surface area (Å²) in [5.41, 5.74) is 1.13. The van der Waals surface area contributed by atoms with Crippen molar-refractivity contribution < 1.29 is 0 Å². The van der Waals surface area contributed by atoms with E-state index in [0.717, 1.165) is 31.0 Å². The van der Waals surface area contributed by atoms with Crippen molar-refractivity contribution in [3.63, 3.8) is 0 Å². The smallest absolute Gasteiger partial charge is 0.191 e. The summed E-state index contributed by atoms with van der Waals surface area (Å²) in [6.07, 6.45) is 8.59. The van der Waals surface area contributed by atoms with E-state index in [9.17, 15) is 0 Å². The zero-order valence-electron chi connectivity index (χ0n) is 12.0. The molecule has 0 aliphatic rings. The second kappa shape index (κ2) is 7.32. The molecule has 0 radical (unpaired) electrons. The van der Waals surface area contributed by atoms with Gasteiger partial charge in [0.25, 0.3) is 0 Å². The van der Waals surface area contributed by atoms with Gasteiger partial charge in [-0.05, 0) is 12.5 Å². The molecule has 0 aromatic carbocycles. The maximum Gasteiger partial charge on any atom is 0.191 e. The lowest BCUT2D eigenvalue weighted by Crippen LogP contribution is -2.37. The third-order valence-electron chi connectivity index (χ3n) is 2.86. The van der Waals surface area contributed by atoms with Gasteiger partial charge in [-0.15, -0.1) is 0 Å². The summed E-state index contributed by atoms with van der Waals surface area (Å²) in [5.74, 6) is 0.800. The number of aryl methyl sites for hydroxylation is 2. The highest BCUT2D eigenvalue weighted by Crippen LogP contribution is 1.94. The second-order valence-electron chi connectivity index (χ2n) is 4.50. The van der Waals surface area contributed by atoms with Gasteiger partial charge in [0.05, 0.1) is 6.20 Å². The molecule has 0 bridgehead atoms. The number of hydrogen-bond donors (Lipinski definition) is 2. The maximum atomic E-state index is 4.19. The van der Waals surface area contributed by atoms with E-state index < -0.39 is 0 Å². The molecule has 2 heterocycles. The highest BCUT2D eigenvalue weighted by Gasteiger charge is 1.99. The van der Waals surface area contributed by atoms with Crippen LogP contribution in [0.25, 0.3) is 0 Å². The molecule has 0 aliphatic carbocycles. The molecule has 0 unspecified atom stereocenters. The summed E-state index contributed by atoms with van der Waals surface area (Å²) in [6, 6.07) is 1.93. The van der Waals surface area contributed by atoms with Crippen LogP contribution in [0.4, 0.5) is 0 Å². The SMILES string of the molecule is CN=C(NCCCn1cccn1)NCc1cnn(C)c1. The van der Waals surface area contributed by atoms with Crippen LogP contribution in [0, 0.1) is 0 Å². The van der Waals surface area contributed by atoms with Crippen LogP contribution in [-0.4, -0.2) is 39.1 Å². The normalized spacial score (nSPS) is 11.6. The fraction of sp³-hybridized carbons (Fsp3) is 0.462. The molecule has 0 atom stereocenters. The zero-order valence-corrected chi connectivity index (χ0v) is 12.0. The van der Waals surface area contributed by atoms with Crippen molar-refractivity contribution in [1.29, 1.82) is 0 Å². The molecule has 0 saturated carbocycles. The lowest BCUT2D eigenvalue weighted by Gasteiger charge is -2.11. The number of aromatic nitrogens is 4. The van der Waals surface area contributed by atoms with Crippen molar-refractivity contribution >= 4 is 5.96 Å². The van der Waals surface area contributed by atoms with Gasteiger partial charge >= 0.3 is 0 Å². The van der Waals surface area contributed by atoms with E-state index in [-0.39, 0.29) is 0 Å². The van der Waals surface area contributed by atoms with E-state index >= 15 is 0 Å². The molecule has 0 aliphatic heterocycles. The lowest BCUT2D eigenvalue weighted by atomic mass is 10.3. The zero-order chi connectivity index (χ0) is 14.2. The predicted octanol–water partition coefficient (Wildman–Crippen LogP) is 0.372. The van der Waals surface area contributed by atoms with Crippen molar-refractivity contribution in [1.82, 2.24) is 30.2 Å². The van der Waals surface area contributed by atoms with Crippen LogP contribution in [0.15, 0.2) is 35.8 Å². The monoisotopic (exact) mass is 275 g/mol. The Morgan fingerprint density at radius 2 is 2.25 bits per heavy atom. The first-order valence-electron chi connectivity index (χ1n) is 6.67. The molecule has 2 aromatic heterocycles. The van der Waals surface area contributed by atoms with E-state index in [4.69, 9.17) is 0 Å². The molecule has 0 amide bonds. The Morgan fingerprint density at radius 1 is 1.35 bits per heavy atom. The molecule has 2 aromatic rings. The van der Waals surface area contributed by atoms with Crippen molar-refractivity contribution in [3.05, 3.63) is 36.4 Å². The Kier molecular flexibility index (Phi) is 5.16. The fourth-order valence-electron chi connectivity index (χ4n) is 1.85. The summed E-state index contributed by atoms with van der Waals surface area (Å²) < 4.78 is 3.71. The summed E-state index contributed by atoms with van der Waals surface area (Å²) >= 11 is 0. The van der Waals surface area contributed by atoms with Crippen molar-refractivity contribution in [2.75, 3.05) is 13.6 Å². The minimum atomic E-state index is 0.715. The summed E-state index contributed by atoms with van der Waals surface area (Å²) in [4.78, 5) is 4.19. The van der Waals surface area contributed by atoms with E-state index in [1.165, 1.54) is 0 Å². The Morgan fingerprint density at radius 3 is 2.90 bits per heavy atom. The molecular formula is C13H21N7. The number of rotatable bonds is 6. The third-order valence-corrected chi connectivity index (χ3v) is 2.86. The molecule has 7 nitrogen and oxygen atoms in total. The molecule has 0 spiro atoms. The maximum absolute atomic E-state index is 4.19. The van der Waals surface area contributed by atoms with Gasteiger partial charge in [-0.2, -0.15) is 10.2 Å². The van der Waals surface area contributed by atoms with Crippen LogP contribution in [0.2, 0.25) is 0 Å². The van der Waals surface area contributed by atoms with Crippen molar-refractivity contribution in [2.45, 2.75) is 19.5 Å². The van der Waals surface area contributed by atoms with E-state index in [2.05, 4.69) is 25.8 Å². The minimum Gasteiger partial charge on any atom is -0.356 e. The van der Waals surface area contributed by atoms with E-state index in [1.54, 1.807) is 17.9 Å². The minimum absolute atomic E-state index is 0.715. The molecule has 20 heavy (non-hydrogen) atoms. The summed E-state index contributed by atoms with van der Waals surface area (Å²) in [7, 11) is 3.68. The van der Waals surface area contributed by atoms with Crippen LogP contribution in [0.5, 0.6) is 0 Å². The Hall–Kier alpha value is -2.31. The first-order valence-corrected chi connectivity index (χ1v) is 6.67. The fourth-order valence-corrected chi connectivity index (χ4v) is 1.85. The highest BCUT2D eigenvalue weighted by molar-refractivity contribution is 5.79. The van der Waals surface area contributed by atoms with E-state index in [0.29, 0.717) is 6.54 Å². The molecule has 2 N–H and O–H groups in total. The number of guanidine groups is 1. The molecule has 108 valence electrons. The topological polar surface area (TPSA) is 72.1 Å². The molecule has 2 rings (SSSR count). The standard InChI is InChI=1S/C13H21N7/c1-14-13(16-9-12-10-18-19(2)11-12)15-5-3-7-20-8-4-6-17-20/h4,6,8,10-11H,3,5,7,9H2,1-2H3,(H2,14,15,16). The number of nitrogens with one attached hydrogen (secondary N) is 2. The Bertz CT molecular complexity index is 527. The molecular weight excluding hydrogens is 254 g/mol. The summed E-state index contributed by atoms with van der Waals surface area (Å²) in [6.45, 7) is 2.47. The van der Waals surface area contributed by atoms with Crippen LogP contribution < -0.4 is 10.6 Å². The van der Waals surface area contributed by atoms with E-state index in [1.807, 2.05) is 36.4 Å². The van der Waals surface area contributed by atoms with Crippen molar-refractivity contribution in [3.8, 4) is 0 Å². The second-order valence-corrected chi connectivity index (χ2v) is 4.50. The molecule has 7 heteroatoms. The van der Waals surface area contributed by atoms with Gasteiger partial charge in [-0.3, -0.25) is 14.4 Å². The molecule has 0 saturated heterocycles. The first-order chi connectivity index (χ1) is 9.78. The predicted molar refractivity (Wildman–Crippen MR) is 78.3 cm³/mol. The average molecular weight is 275 g/mol. The highest BCUT2D eigenvalue weighted by atomic mass is 15.3. The largest absolute Gasteiger partial charge is 0.356 e. The van der Waals surface area contributed by atoms with Gasteiger partial charge in [-0.25, -0.2) is 0 Å². The van der Waals surface area contributed by atoms with Gasteiger partial charge < -0.3 is 10.6 Å². The quantitative estimate of drug-likeness (QED) is 0.454. The van der Waals surface area contributed by atoms with Gasteiger partial charge in [0, 0.05) is 57.9 Å². The summed E-state index contributed by atoms with van der Waals surface area (Å²) in [5, 5.41) is 14.8. The van der Waals surface area contributed by atoms with Crippen LogP contribution >= 0.6 is 0 Å². The Balaban J connectivity index is 1.65. The first kappa shape index (κ1) is 14.1. The lowest BCUT2D eigenvalue weighted by molar-refractivity contribution is 0.570.